The molecule has 1 atom stereocenters. The summed E-state index contributed by atoms with van der Waals surface area (Å²) in [6, 6.07) is 11.3. The first-order chi connectivity index (χ1) is 9.96. The first-order valence-corrected chi connectivity index (χ1v) is 8.13. The zero-order valence-electron chi connectivity index (χ0n) is 13.6. The van der Waals surface area contributed by atoms with Gasteiger partial charge < -0.3 is 10.1 Å². The van der Waals surface area contributed by atoms with Crippen molar-refractivity contribution >= 4 is 0 Å². The van der Waals surface area contributed by atoms with Crippen LogP contribution < -0.4 is 5.32 Å². The number of nitrogens with one attached hydrogen (secondary N) is 1. The van der Waals surface area contributed by atoms with Crippen LogP contribution in [0.25, 0.3) is 0 Å². The quantitative estimate of drug-likeness (QED) is 0.922. The Labute approximate surface area is 128 Å². The van der Waals surface area contributed by atoms with E-state index in [1.54, 1.807) is 0 Å². The van der Waals surface area contributed by atoms with E-state index in [1.165, 1.54) is 18.4 Å². The molecule has 1 heterocycles. The molecule has 0 bridgehead atoms. The molecule has 0 radical (unpaired) electrons. The molecule has 1 aliphatic carbocycles. The van der Waals surface area contributed by atoms with E-state index in [1.807, 2.05) is 0 Å². The van der Waals surface area contributed by atoms with Crippen molar-refractivity contribution in [1.29, 1.82) is 0 Å². The Bertz CT molecular complexity index is 462. The molecule has 1 N–H and O–H groups in total. The maximum absolute atomic E-state index is 6.04. The molecule has 1 saturated heterocycles. The van der Waals surface area contributed by atoms with E-state index in [0.29, 0.717) is 11.6 Å². The molecule has 3 nitrogen and oxygen atoms in total. The van der Waals surface area contributed by atoms with E-state index in [2.05, 4.69) is 61.3 Å². The highest BCUT2D eigenvalue weighted by Crippen LogP contribution is 2.39. The average molecular weight is 288 g/mol. The van der Waals surface area contributed by atoms with Crippen molar-refractivity contribution in [3.8, 4) is 0 Å². The zero-order chi connectivity index (χ0) is 14.9. The summed E-state index contributed by atoms with van der Waals surface area (Å²) < 4.78 is 6.04. The van der Waals surface area contributed by atoms with E-state index in [0.717, 1.165) is 26.2 Å². The third-order valence-corrected chi connectivity index (χ3v) is 4.53. The fourth-order valence-corrected chi connectivity index (χ4v) is 3.04. The maximum Gasteiger partial charge on any atom is 0.0641 e. The van der Waals surface area contributed by atoms with Gasteiger partial charge in [0.1, 0.15) is 0 Å². The van der Waals surface area contributed by atoms with Crippen LogP contribution in [0.3, 0.4) is 0 Å². The van der Waals surface area contributed by atoms with Gasteiger partial charge in [-0.3, -0.25) is 4.90 Å². The van der Waals surface area contributed by atoms with E-state index in [-0.39, 0.29) is 5.60 Å². The van der Waals surface area contributed by atoms with Crippen LogP contribution in [0.2, 0.25) is 0 Å². The molecule has 1 aliphatic heterocycles. The summed E-state index contributed by atoms with van der Waals surface area (Å²) in [6.07, 6.45) is 2.65. The number of nitrogens with zero attached hydrogens (tertiary/aromatic N) is 1. The molecule has 21 heavy (non-hydrogen) atoms. The predicted molar refractivity (Wildman–Crippen MR) is 86.3 cm³/mol. The first kappa shape index (κ1) is 15.0. The van der Waals surface area contributed by atoms with Gasteiger partial charge in [0.15, 0.2) is 0 Å². The lowest BCUT2D eigenvalue weighted by molar-refractivity contribution is -0.0463. The summed E-state index contributed by atoms with van der Waals surface area (Å²) in [5.74, 6) is 0. The standard InChI is InChI=1S/C18H28N2O/c1-17(2,3)21-13-16-11-19-18(9-10-18)14-20(16)12-15-7-5-4-6-8-15/h4-8,16,19H,9-14H2,1-3H3/t16-/m0/s1. The molecule has 2 aliphatic rings. The average Bonchev–Trinajstić information content (AvgIpc) is 3.17. The van der Waals surface area contributed by atoms with Crippen molar-refractivity contribution in [2.45, 2.75) is 57.3 Å². The third kappa shape index (κ3) is 4.06. The Hall–Kier alpha value is -0.900. The topological polar surface area (TPSA) is 24.5 Å². The normalized spacial score (nSPS) is 25.2. The molecule has 1 aromatic rings. The van der Waals surface area contributed by atoms with Crippen LogP contribution in [-0.2, 0) is 11.3 Å². The highest BCUT2D eigenvalue weighted by Gasteiger charge is 2.47. The lowest BCUT2D eigenvalue weighted by atomic mass is 10.1. The molecule has 1 spiro atoms. The molecular formula is C18H28N2O. The Balaban J connectivity index is 1.65. The SMILES string of the molecule is CC(C)(C)OC[C@@H]1CNC2(CC2)CN1Cc1ccccc1. The summed E-state index contributed by atoms with van der Waals surface area (Å²) in [7, 11) is 0. The molecule has 0 aromatic heterocycles. The van der Waals surface area contributed by atoms with Crippen LogP contribution in [0.5, 0.6) is 0 Å². The summed E-state index contributed by atoms with van der Waals surface area (Å²) in [6.45, 7) is 10.4. The van der Waals surface area contributed by atoms with Gasteiger partial charge in [-0.15, -0.1) is 0 Å². The minimum atomic E-state index is -0.0624. The van der Waals surface area contributed by atoms with Crippen LogP contribution in [0.4, 0.5) is 0 Å². The minimum absolute atomic E-state index is 0.0624. The highest BCUT2D eigenvalue weighted by atomic mass is 16.5. The van der Waals surface area contributed by atoms with Crippen molar-refractivity contribution in [3.63, 3.8) is 0 Å². The second-order valence-electron chi connectivity index (χ2n) is 7.63. The Morgan fingerprint density at radius 3 is 2.57 bits per heavy atom. The minimum Gasteiger partial charge on any atom is -0.374 e. The van der Waals surface area contributed by atoms with Crippen molar-refractivity contribution in [1.82, 2.24) is 10.2 Å². The molecule has 1 aromatic carbocycles. The van der Waals surface area contributed by atoms with Gasteiger partial charge in [0.2, 0.25) is 0 Å². The van der Waals surface area contributed by atoms with Gasteiger partial charge in [-0.1, -0.05) is 30.3 Å². The van der Waals surface area contributed by atoms with Gasteiger partial charge in [-0.25, -0.2) is 0 Å². The predicted octanol–water partition coefficient (Wildman–Crippen LogP) is 2.81. The molecule has 3 heteroatoms. The molecule has 3 rings (SSSR count). The van der Waals surface area contributed by atoms with E-state index in [4.69, 9.17) is 4.74 Å². The van der Waals surface area contributed by atoms with Crippen LogP contribution in [0.1, 0.15) is 39.2 Å². The zero-order valence-corrected chi connectivity index (χ0v) is 13.6. The number of benzene rings is 1. The van der Waals surface area contributed by atoms with Gasteiger partial charge in [0.25, 0.3) is 0 Å². The molecule has 0 amide bonds. The number of ether oxygens (including phenoxy) is 1. The summed E-state index contributed by atoms with van der Waals surface area (Å²) in [4.78, 5) is 2.62. The largest absolute Gasteiger partial charge is 0.374 e. The Morgan fingerprint density at radius 1 is 1.24 bits per heavy atom. The summed E-state index contributed by atoms with van der Waals surface area (Å²) >= 11 is 0. The Kier molecular flexibility index (Phi) is 4.08. The molecule has 116 valence electrons. The Morgan fingerprint density at radius 2 is 1.95 bits per heavy atom. The van der Waals surface area contributed by atoms with Gasteiger partial charge >= 0.3 is 0 Å². The lowest BCUT2D eigenvalue weighted by Gasteiger charge is -2.41. The van der Waals surface area contributed by atoms with Crippen molar-refractivity contribution < 1.29 is 4.74 Å². The monoisotopic (exact) mass is 288 g/mol. The lowest BCUT2D eigenvalue weighted by Crippen LogP contribution is -2.59. The van der Waals surface area contributed by atoms with Crippen molar-refractivity contribution in [2.24, 2.45) is 0 Å². The van der Waals surface area contributed by atoms with Crippen LogP contribution in [0.15, 0.2) is 30.3 Å². The number of hydrogen-bond acceptors (Lipinski definition) is 3. The molecular weight excluding hydrogens is 260 g/mol. The van der Waals surface area contributed by atoms with E-state index in [9.17, 15) is 0 Å². The maximum atomic E-state index is 6.04. The van der Waals surface area contributed by atoms with Gasteiger partial charge in [0, 0.05) is 31.2 Å². The van der Waals surface area contributed by atoms with E-state index < -0.39 is 0 Å². The number of rotatable bonds is 4. The van der Waals surface area contributed by atoms with Crippen molar-refractivity contribution in [3.05, 3.63) is 35.9 Å². The number of hydrogen-bond donors (Lipinski definition) is 1. The number of piperazine rings is 1. The molecule has 2 fully saturated rings. The highest BCUT2D eigenvalue weighted by molar-refractivity contribution is 5.16. The molecule has 0 unspecified atom stereocenters. The summed E-state index contributed by atoms with van der Waals surface area (Å²) in [5, 5.41) is 3.75. The van der Waals surface area contributed by atoms with Crippen molar-refractivity contribution in [2.75, 3.05) is 19.7 Å². The van der Waals surface area contributed by atoms with Gasteiger partial charge in [0.05, 0.1) is 12.2 Å². The van der Waals surface area contributed by atoms with Crippen LogP contribution >= 0.6 is 0 Å². The third-order valence-electron chi connectivity index (χ3n) is 4.53. The first-order valence-electron chi connectivity index (χ1n) is 8.13. The van der Waals surface area contributed by atoms with E-state index >= 15 is 0 Å². The fraction of sp³-hybridized carbons (Fsp3) is 0.667. The fourth-order valence-electron chi connectivity index (χ4n) is 3.04. The second kappa shape index (κ2) is 5.71. The smallest absolute Gasteiger partial charge is 0.0641 e. The summed E-state index contributed by atoms with van der Waals surface area (Å²) in [5.41, 5.74) is 1.75. The van der Waals surface area contributed by atoms with Crippen LogP contribution in [-0.4, -0.2) is 41.8 Å². The molecule has 1 saturated carbocycles. The van der Waals surface area contributed by atoms with Gasteiger partial charge in [-0.2, -0.15) is 0 Å². The van der Waals surface area contributed by atoms with Crippen LogP contribution in [0, 0.1) is 0 Å². The van der Waals surface area contributed by atoms with Gasteiger partial charge in [-0.05, 0) is 39.2 Å². The second-order valence-corrected chi connectivity index (χ2v) is 7.63.